The fourth-order valence-corrected chi connectivity index (χ4v) is 4.21. The maximum Gasteiger partial charge on any atom is 0.313 e. The van der Waals surface area contributed by atoms with Gasteiger partial charge >= 0.3 is 11.8 Å². The van der Waals surface area contributed by atoms with Gasteiger partial charge in [-0.05, 0) is 55.2 Å². The summed E-state index contributed by atoms with van der Waals surface area (Å²) in [5.41, 5.74) is 8.11. The standard InChI is InChI=1S/C23H26N4O3/c24-21(28)18-12-19(14-25-13-18)26-22(29)23(30)27-11-2-1-6-20(27)17-9-7-16(8-10-17)15-4-3-5-15/h7-10,12-15,20H,1-6,11H2,(H2,24,28)(H,26,29)/t20-/m0/s1. The first-order valence-corrected chi connectivity index (χ1v) is 10.5. The first-order valence-electron chi connectivity index (χ1n) is 10.5. The summed E-state index contributed by atoms with van der Waals surface area (Å²) in [6.07, 6.45) is 9.21. The van der Waals surface area contributed by atoms with Crippen molar-refractivity contribution < 1.29 is 14.4 Å². The van der Waals surface area contributed by atoms with Crippen LogP contribution in [0, 0.1) is 0 Å². The Balaban J connectivity index is 1.47. The molecule has 1 aromatic carbocycles. The Morgan fingerprint density at radius 1 is 0.967 bits per heavy atom. The molecule has 1 atom stereocenters. The van der Waals surface area contributed by atoms with E-state index in [0.29, 0.717) is 12.5 Å². The lowest BCUT2D eigenvalue weighted by molar-refractivity contribution is -0.145. The number of carbonyl (C=O) groups is 3. The highest BCUT2D eigenvalue weighted by atomic mass is 16.2. The molecule has 1 aliphatic heterocycles. The molecule has 7 nitrogen and oxygen atoms in total. The van der Waals surface area contributed by atoms with E-state index >= 15 is 0 Å². The number of rotatable bonds is 4. The quantitative estimate of drug-likeness (QED) is 0.761. The second-order valence-corrected chi connectivity index (χ2v) is 8.09. The topological polar surface area (TPSA) is 105 Å². The summed E-state index contributed by atoms with van der Waals surface area (Å²) in [5, 5.41) is 2.55. The molecular formula is C23H26N4O3. The number of amides is 3. The number of anilines is 1. The maximum absolute atomic E-state index is 12.9. The van der Waals surface area contributed by atoms with Crippen LogP contribution >= 0.6 is 0 Å². The van der Waals surface area contributed by atoms with E-state index in [1.807, 2.05) is 0 Å². The van der Waals surface area contributed by atoms with E-state index in [9.17, 15) is 14.4 Å². The zero-order valence-corrected chi connectivity index (χ0v) is 16.8. The number of primary amides is 1. The highest BCUT2D eigenvalue weighted by Crippen LogP contribution is 2.38. The fraction of sp³-hybridized carbons (Fsp3) is 0.391. The third-order valence-corrected chi connectivity index (χ3v) is 6.14. The number of hydrogen-bond donors (Lipinski definition) is 2. The molecule has 0 bridgehead atoms. The van der Waals surface area contributed by atoms with Crippen molar-refractivity contribution in [2.45, 2.75) is 50.5 Å². The summed E-state index contributed by atoms with van der Waals surface area (Å²) in [6, 6.07) is 9.83. The van der Waals surface area contributed by atoms with Crippen LogP contribution in [0.1, 0.15) is 72.0 Å². The van der Waals surface area contributed by atoms with Crippen LogP contribution in [0.4, 0.5) is 5.69 Å². The Labute approximate surface area is 175 Å². The minimum absolute atomic E-state index is 0.109. The average molecular weight is 406 g/mol. The zero-order valence-electron chi connectivity index (χ0n) is 16.8. The number of benzene rings is 1. The first kappa shape index (κ1) is 20.1. The number of hydrogen-bond acceptors (Lipinski definition) is 4. The number of carbonyl (C=O) groups excluding carboxylic acids is 3. The molecule has 2 fully saturated rings. The number of pyridine rings is 1. The Bertz CT molecular complexity index is 953. The highest BCUT2D eigenvalue weighted by Gasteiger charge is 2.32. The number of nitrogens with zero attached hydrogens (tertiary/aromatic N) is 2. The predicted molar refractivity (Wildman–Crippen MR) is 113 cm³/mol. The molecule has 156 valence electrons. The van der Waals surface area contributed by atoms with E-state index in [2.05, 4.69) is 34.6 Å². The predicted octanol–water partition coefficient (Wildman–Crippen LogP) is 3.14. The van der Waals surface area contributed by atoms with Gasteiger partial charge < -0.3 is 16.0 Å². The van der Waals surface area contributed by atoms with Crippen molar-refractivity contribution in [3.8, 4) is 0 Å². The number of nitrogens with one attached hydrogen (secondary N) is 1. The van der Waals surface area contributed by atoms with Crippen LogP contribution in [0.5, 0.6) is 0 Å². The van der Waals surface area contributed by atoms with Gasteiger partial charge in [-0.25, -0.2) is 0 Å². The van der Waals surface area contributed by atoms with Gasteiger partial charge in [-0.2, -0.15) is 0 Å². The van der Waals surface area contributed by atoms with Crippen molar-refractivity contribution in [3.05, 3.63) is 59.4 Å². The van der Waals surface area contributed by atoms with E-state index in [1.165, 1.54) is 43.3 Å². The molecule has 1 aliphatic carbocycles. The second-order valence-electron chi connectivity index (χ2n) is 8.09. The molecule has 0 radical (unpaired) electrons. The Morgan fingerprint density at radius 2 is 1.70 bits per heavy atom. The van der Waals surface area contributed by atoms with Gasteiger partial charge in [0, 0.05) is 12.7 Å². The summed E-state index contributed by atoms with van der Waals surface area (Å²) in [5.74, 6) is -1.30. The molecule has 3 N–H and O–H groups in total. The minimum Gasteiger partial charge on any atom is -0.366 e. The lowest BCUT2D eigenvalue weighted by Crippen LogP contribution is -2.44. The molecule has 2 aromatic rings. The van der Waals surface area contributed by atoms with Crippen LogP contribution in [0.3, 0.4) is 0 Å². The van der Waals surface area contributed by atoms with Crippen LogP contribution in [-0.2, 0) is 9.59 Å². The molecule has 0 spiro atoms. The average Bonchev–Trinajstić information content (AvgIpc) is 2.73. The van der Waals surface area contributed by atoms with E-state index in [0.717, 1.165) is 24.8 Å². The monoisotopic (exact) mass is 406 g/mol. The molecule has 2 heterocycles. The lowest BCUT2D eigenvalue weighted by Gasteiger charge is -2.36. The second kappa shape index (κ2) is 8.65. The van der Waals surface area contributed by atoms with Crippen molar-refractivity contribution in [2.24, 2.45) is 5.73 Å². The smallest absolute Gasteiger partial charge is 0.313 e. The Kier molecular flexibility index (Phi) is 5.79. The van der Waals surface area contributed by atoms with E-state index < -0.39 is 17.7 Å². The summed E-state index contributed by atoms with van der Waals surface area (Å²) in [7, 11) is 0. The van der Waals surface area contributed by atoms with Gasteiger partial charge in [0.05, 0.1) is 23.5 Å². The van der Waals surface area contributed by atoms with Crippen molar-refractivity contribution >= 4 is 23.4 Å². The van der Waals surface area contributed by atoms with Crippen LogP contribution in [0.25, 0.3) is 0 Å². The van der Waals surface area contributed by atoms with Gasteiger partial charge in [-0.15, -0.1) is 0 Å². The fourth-order valence-electron chi connectivity index (χ4n) is 4.21. The Hall–Kier alpha value is -3.22. The van der Waals surface area contributed by atoms with Crippen molar-refractivity contribution in [2.75, 3.05) is 11.9 Å². The van der Waals surface area contributed by atoms with Crippen LogP contribution in [0.15, 0.2) is 42.7 Å². The molecule has 0 unspecified atom stereocenters. The normalized spacial score (nSPS) is 19.1. The van der Waals surface area contributed by atoms with E-state index in [4.69, 9.17) is 5.73 Å². The van der Waals surface area contributed by atoms with Crippen molar-refractivity contribution in [3.63, 3.8) is 0 Å². The van der Waals surface area contributed by atoms with E-state index in [-0.39, 0.29) is 17.3 Å². The maximum atomic E-state index is 12.9. The summed E-state index contributed by atoms with van der Waals surface area (Å²) < 4.78 is 0. The molecule has 7 heteroatoms. The van der Waals surface area contributed by atoms with Crippen molar-refractivity contribution in [1.82, 2.24) is 9.88 Å². The largest absolute Gasteiger partial charge is 0.366 e. The number of aromatic nitrogens is 1. The van der Waals surface area contributed by atoms with Crippen molar-refractivity contribution in [1.29, 1.82) is 0 Å². The molecule has 30 heavy (non-hydrogen) atoms. The molecule has 3 amide bonds. The molecular weight excluding hydrogens is 380 g/mol. The number of likely N-dealkylation sites (tertiary alicyclic amines) is 1. The Morgan fingerprint density at radius 3 is 2.37 bits per heavy atom. The van der Waals surface area contributed by atoms with E-state index in [1.54, 1.807) is 4.90 Å². The van der Waals surface area contributed by atoms with Gasteiger partial charge in [-0.3, -0.25) is 19.4 Å². The third-order valence-electron chi connectivity index (χ3n) is 6.14. The first-order chi connectivity index (χ1) is 14.5. The lowest BCUT2D eigenvalue weighted by atomic mass is 9.79. The SMILES string of the molecule is NC(=O)c1cncc(NC(=O)C(=O)N2CCCC[C@H]2c2ccc(C3CCC3)cc2)c1. The van der Waals surface area contributed by atoms with Gasteiger partial charge in [-0.1, -0.05) is 30.7 Å². The highest BCUT2D eigenvalue weighted by molar-refractivity contribution is 6.39. The van der Waals surface area contributed by atoms with Gasteiger partial charge in [0.25, 0.3) is 0 Å². The van der Waals surface area contributed by atoms with Crippen LogP contribution < -0.4 is 11.1 Å². The summed E-state index contributed by atoms with van der Waals surface area (Å²) >= 11 is 0. The van der Waals surface area contributed by atoms with Gasteiger partial charge in [0.15, 0.2) is 0 Å². The number of piperidine rings is 1. The molecule has 1 saturated carbocycles. The third kappa shape index (κ3) is 4.20. The number of nitrogens with two attached hydrogens (primary N) is 1. The zero-order chi connectivity index (χ0) is 21.1. The molecule has 1 aromatic heterocycles. The molecule has 1 saturated heterocycles. The summed E-state index contributed by atoms with van der Waals surface area (Å²) in [6.45, 7) is 0.543. The summed E-state index contributed by atoms with van der Waals surface area (Å²) in [4.78, 5) is 42.4. The van der Waals surface area contributed by atoms with Gasteiger partial charge in [0.1, 0.15) is 0 Å². The van der Waals surface area contributed by atoms with Crippen LogP contribution in [0.2, 0.25) is 0 Å². The van der Waals surface area contributed by atoms with Gasteiger partial charge in [0.2, 0.25) is 5.91 Å². The molecule has 4 rings (SSSR count). The molecule has 2 aliphatic rings. The minimum atomic E-state index is -0.739. The van der Waals surface area contributed by atoms with Crippen LogP contribution in [-0.4, -0.2) is 34.2 Å².